The van der Waals surface area contributed by atoms with Crippen molar-refractivity contribution in [1.82, 2.24) is 0 Å². The van der Waals surface area contributed by atoms with Gasteiger partial charge in [0, 0.05) is 11.6 Å². The van der Waals surface area contributed by atoms with E-state index in [0.717, 1.165) is 0 Å². The standard InChI is InChI=1S/C15H14N2O3S/c1-3-11-5-4-6-12(9-11)17-21(18,19)13-7-8-14(16)15(10-13)20-2/h1,4-10,17H,16H2,2H3. The van der Waals surface area contributed by atoms with E-state index in [1.54, 1.807) is 24.3 Å². The maximum atomic E-state index is 12.3. The number of terminal acetylenes is 1. The van der Waals surface area contributed by atoms with Gasteiger partial charge >= 0.3 is 0 Å². The Hall–Kier alpha value is -2.65. The highest BCUT2D eigenvalue weighted by molar-refractivity contribution is 7.92. The lowest BCUT2D eigenvalue weighted by Gasteiger charge is -2.10. The van der Waals surface area contributed by atoms with Gasteiger partial charge in [0.05, 0.1) is 23.4 Å². The van der Waals surface area contributed by atoms with E-state index >= 15 is 0 Å². The fourth-order valence-electron chi connectivity index (χ4n) is 1.75. The summed E-state index contributed by atoms with van der Waals surface area (Å²) in [4.78, 5) is 0.0552. The van der Waals surface area contributed by atoms with Gasteiger partial charge in [-0.05, 0) is 30.3 Å². The first-order valence-electron chi connectivity index (χ1n) is 5.99. The lowest BCUT2D eigenvalue weighted by molar-refractivity contribution is 0.415. The zero-order chi connectivity index (χ0) is 15.5. The number of hydrogen-bond acceptors (Lipinski definition) is 4. The van der Waals surface area contributed by atoms with Crippen LogP contribution in [0.3, 0.4) is 0 Å². The molecule has 0 aromatic heterocycles. The minimum absolute atomic E-state index is 0.0552. The summed E-state index contributed by atoms with van der Waals surface area (Å²) in [5.74, 6) is 2.75. The van der Waals surface area contributed by atoms with E-state index in [1.165, 1.54) is 25.3 Å². The number of methoxy groups -OCH3 is 1. The van der Waals surface area contributed by atoms with Crippen LogP contribution in [0, 0.1) is 12.3 Å². The summed E-state index contributed by atoms with van der Waals surface area (Å²) in [6, 6.07) is 10.8. The Morgan fingerprint density at radius 1 is 1.24 bits per heavy atom. The van der Waals surface area contributed by atoms with Gasteiger partial charge in [-0.3, -0.25) is 4.72 Å². The van der Waals surface area contributed by atoms with Crippen molar-refractivity contribution in [1.29, 1.82) is 0 Å². The third-order valence-electron chi connectivity index (χ3n) is 2.80. The van der Waals surface area contributed by atoms with Crippen LogP contribution in [0.1, 0.15) is 5.56 Å². The summed E-state index contributed by atoms with van der Waals surface area (Å²) in [6.07, 6.45) is 5.29. The molecule has 0 unspecified atom stereocenters. The van der Waals surface area contributed by atoms with Gasteiger partial charge in [0.1, 0.15) is 5.75 Å². The molecule has 0 saturated carbocycles. The largest absolute Gasteiger partial charge is 0.495 e. The van der Waals surface area contributed by atoms with Crippen molar-refractivity contribution in [3.63, 3.8) is 0 Å². The molecule has 0 aliphatic heterocycles. The van der Waals surface area contributed by atoms with Crippen molar-refractivity contribution in [2.24, 2.45) is 0 Å². The molecule has 3 N–H and O–H groups in total. The van der Waals surface area contributed by atoms with Gasteiger partial charge in [-0.15, -0.1) is 6.42 Å². The maximum Gasteiger partial charge on any atom is 0.262 e. The number of benzene rings is 2. The fraction of sp³-hybridized carbons (Fsp3) is 0.0667. The molecule has 5 nitrogen and oxygen atoms in total. The Balaban J connectivity index is 2.36. The first-order valence-corrected chi connectivity index (χ1v) is 7.47. The monoisotopic (exact) mass is 302 g/mol. The molecular formula is C15H14N2O3S. The molecule has 0 spiro atoms. The first-order chi connectivity index (χ1) is 9.96. The molecule has 0 fully saturated rings. The van der Waals surface area contributed by atoms with Crippen molar-refractivity contribution in [2.45, 2.75) is 4.90 Å². The molecule has 2 aromatic rings. The van der Waals surface area contributed by atoms with Crippen molar-refractivity contribution < 1.29 is 13.2 Å². The predicted octanol–water partition coefficient (Wildman–Crippen LogP) is 2.06. The molecule has 0 bridgehead atoms. The van der Waals surface area contributed by atoms with Crippen LogP contribution in [0.15, 0.2) is 47.4 Å². The van der Waals surface area contributed by atoms with Crippen molar-refractivity contribution in [2.75, 3.05) is 17.6 Å². The molecule has 108 valence electrons. The maximum absolute atomic E-state index is 12.3. The fourth-order valence-corrected chi connectivity index (χ4v) is 2.81. The Labute approximate surface area is 123 Å². The second kappa shape index (κ2) is 5.77. The lowest BCUT2D eigenvalue weighted by Crippen LogP contribution is -2.13. The van der Waals surface area contributed by atoms with Crippen LogP contribution in [-0.2, 0) is 10.0 Å². The summed E-state index contributed by atoms with van der Waals surface area (Å²) in [6.45, 7) is 0. The molecule has 0 amide bonds. The molecule has 0 saturated heterocycles. The smallest absolute Gasteiger partial charge is 0.262 e. The quantitative estimate of drug-likeness (QED) is 0.669. The molecule has 0 atom stereocenters. The number of nitrogen functional groups attached to an aromatic ring is 1. The lowest BCUT2D eigenvalue weighted by atomic mass is 10.2. The Morgan fingerprint density at radius 3 is 2.67 bits per heavy atom. The summed E-state index contributed by atoms with van der Waals surface area (Å²) in [5, 5.41) is 0. The predicted molar refractivity (Wildman–Crippen MR) is 82.6 cm³/mol. The molecule has 2 rings (SSSR count). The van der Waals surface area contributed by atoms with E-state index in [2.05, 4.69) is 10.6 Å². The Morgan fingerprint density at radius 2 is 2.00 bits per heavy atom. The number of rotatable bonds is 4. The average molecular weight is 302 g/mol. The minimum atomic E-state index is -3.74. The number of nitrogens with one attached hydrogen (secondary N) is 1. The van der Waals surface area contributed by atoms with E-state index in [4.69, 9.17) is 16.9 Å². The summed E-state index contributed by atoms with van der Waals surface area (Å²) >= 11 is 0. The summed E-state index contributed by atoms with van der Waals surface area (Å²) in [5.41, 5.74) is 7.02. The van der Waals surface area contributed by atoms with Crippen LogP contribution in [-0.4, -0.2) is 15.5 Å². The number of ether oxygens (including phenoxy) is 1. The summed E-state index contributed by atoms with van der Waals surface area (Å²) < 4.78 is 32.1. The van der Waals surface area contributed by atoms with Gasteiger partial charge in [0.15, 0.2) is 0 Å². The highest BCUT2D eigenvalue weighted by Crippen LogP contribution is 2.26. The highest BCUT2D eigenvalue weighted by Gasteiger charge is 2.16. The number of sulfonamides is 1. The van der Waals surface area contributed by atoms with E-state index < -0.39 is 10.0 Å². The highest BCUT2D eigenvalue weighted by atomic mass is 32.2. The normalized spacial score (nSPS) is 10.7. The number of anilines is 2. The Kier molecular flexibility index (Phi) is 4.05. The zero-order valence-electron chi connectivity index (χ0n) is 11.3. The SMILES string of the molecule is C#Cc1cccc(NS(=O)(=O)c2ccc(N)c(OC)c2)c1. The van der Waals surface area contributed by atoms with Crippen LogP contribution in [0.4, 0.5) is 11.4 Å². The first kappa shape index (κ1) is 14.8. The van der Waals surface area contributed by atoms with Gasteiger partial charge in [0.25, 0.3) is 10.0 Å². The molecular weight excluding hydrogens is 288 g/mol. The summed E-state index contributed by atoms with van der Waals surface area (Å²) in [7, 11) is -2.32. The van der Waals surface area contributed by atoms with Gasteiger partial charge in [0.2, 0.25) is 0 Å². The average Bonchev–Trinajstić information content (AvgIpc) is 2.47. The number of hydrogen-bond donors (Lipinski definition) is 2. The Bertz CT molecular complexity index is 808. The second-order valence-corrected chi connectivity index (χ2v) is 5.92. The van der Waals surface area contributed by atoms with E-state index in [1.807, 2.05) is 0 Å². The molecule has 0 aliphatic rings. The van der Waals surface area contributed by atoms with Crippen molar-refractivity contribution in [3.05, 3.63) is 48.0 Å². The van der Waals surface area contributed by atoms with Gasteiger partial charge in [-0.1, -0.05) is 12.0 Å². The van der Waals surface area contributed by atoms with Gasteiger partial charge in [-0.25, -0.2) is 8.42 Å². The molecule has 0 aliphatic carbocycles. The van der Waals surface area contributed by atoms with E-state index in [0.29, 0.717) is 22.7 Å². The third-order valence-corrected chi connectivity index (χ3v) is 4.18. The molecule has 0 heterocycles. The van der Waals surface area contributed by atoms with Crippen LogP contribution in [0.25, 0.3) is 0 Å². The van der Waals surface area contributed by atoms with Crippen LogP contribution in [0.2, 0.25) is 0 Å². The molecule has 2 aromatic carbocycles. The van der Waals surface area contributed by atoms with Crippen molar-refractivity contribution in [3.8, 4) is 18.1 Å². The van der Waals surface area contributed by atoms with Crippen LogP contribution < -0.4 is 15.2 Å². The van der Waals surface area contributed by atoms with Gasteiger partial charge in [-0.2, -0.15) is 0 Å². The van der Waals surface area contributed by atoms with Crippen molar-refractivity contribution >= 4 is 21.4 Å². The second-order valence-electron chi connectivity index (χ2n) is 4.23. The van der Waals surface area contributed by atoms with E-state index in [-0.39, 0.29) is 4.90 Å². The third kappa shape index (κ3) is 3.27. The molecule has 0 radical (unpaired) electrons. The minimum Gasteiger partial charge on any atom is -0.495 e. The van der Waals surface area contributed by atoms with Crippen LogP contribution in [0.5, 0.6) is 5.75 Å². The topological polar surface area (TPSA) is 81.4 Å². The van der Waals surface area contributed by atoms with E-state index in [9.17, 15) is 8.42 Å². The molecule has 21 heavy (non-hydrogen) atoms. The zero-order valence-corrected chi connectivity index (χ0v) is 12.1. The van der Waals surface area contributed by atoms with Crippen LogP contribution >= 0.6 is 0 Å². The van der Waals surface area contributed by atoms with Gasteiger partial charge < -0.3 is 10.5 Å². The number of nitrogens with two attached hydrogens (primary N) is 1. The molecule has 6 heteroatoms.